The molecule has 0 saturated carbocycles. The van der Waals surface area contributed by atoms with Crippen LogP contribution in [-0.4, -0.2) is 22.8 Å². The molecule has 0 radical (unpaired) electrons. The minimum atomic E-state index is -0.200. The van der Waals surface area contributed by atoms with Crippen molar-refractivity contribution in [2.45, 2.75) is 0 Å². The van der Waals surface area contributed by atoms with Crippen LogP contribution in [0.3, 0.4) is 0 Å². The van der Waals surface area contributed by atoms with E-state index in [0.717, 1.165) is 11.1 Å². The van der Waals surface area contributed by atoms with Gasteiger partial charge in [-0.3, -0.25) is 4.79 Å². The van der Waals surface area contributed by atoms with Crippen LogP contribution in [-0.2, 0) is 4.79 Å². The van der Waals surface area contributed by atoms with Crippen LogP contribution in [0.4, 0.5) is 0 Å². The Labute approximate surface area is 134 Å². The summed E-state index contributed by atoms with van der Waals surface area (Å²) in [4.78, 5) is 13.9. The topological polar surface area (TPSA) is 65.3 Å². The van der Waals surface area contributed by atoms with E-state index in [4.69, 9.17) is 0 Å². The molecule has 5 heteroatoms. The third-order valence-corrected chi connectivity index (χ3v) is 3.51. The molecule has 2 aliphatic rings. The number of nitrogens with zero attached hydrogens (tertiary/aromatic N) is 3. The smallest absolute Gasteiger partial charge is 0.238 e. The quantitative estimate of drug-likeness (QED) is 0.513. The summed E-state index contributed by atoms with van der Waals surface area (Å²) in [6, 6.07) is 7.56. The molecule has 0 unspecified atom stereocenters. The van der Waals surface area contributed by atoms with Gasteiger partial charge in [-0.1, -0.05) is 30.3 Å². The van der Waals surface area contributed by atoms with E-state index in [1.807, 2.05) is 36.2 Å². The minimum absolute atomic E-state index is 0.131. The Morgan fingerprint density at radius 2 is 1.87 bits per heavy atom. The summed E-state index contributed by atoms with van der Waals surface area (Å²) in [6.07, 6.45) is 11.7. The fourth-order valence-corrected chi connectivity index (χ4v) is 2.26. The average Bonchev–Trinajstić information content (AvgIpc) is 2.57. The lowest BCUT2D eigenvalue weighted by atomic mass is 9.92. The van der Waals surface area contributed by atoms with Crippen LogP contribution in [0.1, 0.15) is 11.1 Å². The van der Waals surface area contributed by atoms with Crippen LogP contribution in [0.2, 0.25) is 0 Å². The zero-order chi connectivity index (χ0) is 16.2. The van der Waals surface area contributed by atoms with Crippen LogP contribution in [0.5, 0.6) is 0 Å². The van der Waals surface area contributed by atoms with E-state index < -0.39 is 0 Å². The van der Waals surface area contributed by atoms with Crippen molar-refractivity contribution in [2.24, 2.45) is 10.2 Å². The van der Waals surface area contributed by atoms with E-state index in [1.54, 1.807) is 30.6 Å². The predicted octanol–water partition coefficient (Wildman–Crippen LogP) is 3.82. The fourth-order valence-electron chi connectivity index (χ4n) is 2.26. The molecular formula is C18H15N3O2. The number of rotatable bonds is 2. The van der Waals surface area contributed by atoms with E-state index in [2.05, 4.69) is 10.2 Å². The Bertz CT molecular complexity index is 810. The molecule has 1 heterocycles. The number of carbonyl (C=O) groups excluding carboxylic acids is 1. The molecule has 114 valence electrons. The standard InChI is InChI=1S/C18H15N3O2/c1-21-10-8-14(9-11-21)18(23)20-19-12-16-15-5-3-2-4-13(15)6-7-17(16)22/h2-12,23H,1H3/b16-12-,20-19?. The lowest BCUT2D eigenvalue weighted by Crippen LogP contribution is -2.04. The van der Waals surface area contributed by atoms with Crippen molar-refractivity contribution in [2.75, 3.05) is 7.05 Å². The van der Waals surface area contributed by atoms with Crippen molar-refractivity contribution < 1.29 is 9.90 Å². The van der Waals surface area contributed by atoms with Gasteiger partial charge in [-0.05, 0) is 29.4 Å². The highest BCUT2D eigenvalue weighted by Gasteiger charge is 2.16. The maximum absolute atomic E-state index is 12.0. The second kappa shape index (κ2) is 6.27. The number of aliphatic hydroxyl groups excluding tert-OH is 1. The van der Waals surface area contributed by atoms with E-state index in [-0.39, 0.29) is 11.7 Å². The highest BCUT2D eigenvalue weighted by Crippen LogP contribution is 2.26. The van der Waals surface area contributed by atoms with Gasteiger partial charge in [0.05, 0.1) is 6.20 Å². The zero-order valence-corrected chi connectivity index (χ0v) is 12.5. The summed E-state index contributed by atoms with van der Waals surface area (Å²) >= 11 is 0. The van der Waals surface area contributed by atoms with Gasteiger partial charge in [0, 0.05) is 30.6 Å². The van der Waals surface area contributed by atoms with Gasteiger partial charge in [0.1, 0.15) is 0 Å². The van der Waals surface area contributed by atoms with Gasteiger partial charge in [0.2, 0.25) is 5.88 Å². The molecule has 1 aliphatic heterocycles. The molecule has 1 aliphatic carbocycles. The largest absolute Gasteiger partial charge is 0.492 e. The number of aliphatic hydroxyl groups is 1. The highest BCUT2D eigenvalue weighted by molar-refractivity contribution is 6.29. The van der Waals surface area contributed by atoms with Gasteiger partial charge in [-0.2, -0.15) is 5.11 Å². The SMILES string of the molecule is CN1C=CC(=C(O)N=N/C=C2\C(=O)C=Cc3ccccc32)C=C1. The number of fused-ring (bicyclic) bond motifs is 1. The van der Waals surface area contributed by atoms with Crippen molar-refractivity contribution in [3.63, 3.8) is 0 Å². The summed E-state index contributed by atoms with van der Waals surface area (Å²) in [5.41, 5.74) is 2.78. The van der Waals surface area contributed by atoms with Crippen molar-refractivity contribution in [1.82, 2.24) is 4.90 Å². The van der Waals surface area contributed by atoms with Crippen molar-refractivity contribution in [3.8, 4) is 0 Å². The maximum atomic E-state index is 12.0. The van der Waals surface area contributed by atoms with Crippen LogP contribution in [0, 0.1) is 0 Å². The Kier molecular flexibility index (Phi) is 4.01. The van der Waals surface area contributed by atoms with Gasteiger partial charge < -0.3 is 10.0 Å². The summed E-state index contributed by atoms with van der Waals surface area (Å²) in [5.74, 6) is -0.330. The summed E-state index contributed by atoms with van der Waals surface area (Å²) < 4.78 is 0. The second-order valence-electron chi connectivity index (χ2n) is 5.12. The third kappa shape index (κ3) is 3.18. The molecule has 0 bridgehead atoms. The summed E-state index contributed by atoms with van der Waals surface area (Å²) in [5, 5.41) is 17.5. The normalized spacial score (nSPS) is 18.1. The van der Waals surface area contributed by atoms with E-state index >= 15 is 0 Å². The Hall–Kier alpha value is -3.21. The molecular weight excluding hydrogens is 290 g/mol. The first kappa shape index (κ1) is 14.7. The van der Waals surface area contributed by atoms with Crippen molar-refractivity contribution in [3.05, 3.63) is 83.7 Å². The zero-order valence-electron chi connectivity index (χ0n) is 12.5. The fraction of sp³-hybridized carbons (Fsp3) is 0.0556. The first-order chi connectivity index (χ1) is 11.1. The van der Waals surface area contributed by atoms with Crippen molar-refractivity contribution >= 4 is 17.4 Å². The molecule has 0 spiro atoms. The molecule has 0 saturated heterocycles. The Balaban J connectivity index is 1.87. The number of allylic oxidation sites excluding steroid dienone is 5. The molecule has 23 heavy (non-hydrogen) atoms. The van der Waals surface area contributed by atoms with Crippen LogP contribution >= 0.6 is 0 Å². The van der Waals surface area contributed by atoms with Crippen molar-refractivity contribution in [1.29, 1.82) is 0 Å². The lowest BCUT2D eigenvalue weighted by molar-refractivity contribution is -0.109. The molecule has 0 aromatic heterocycles. The lowest BCUT2D eigenvalue weighted by Gasteiger charge is -2.12. The van der Waals surface area contributed by atoms with Gasteiger partial charge in [0.25, 0.3) is 0 Å². The number of hydrogen-bond donors (Lipinski definition) is 1. The monoisotopic (exact) mass is 305 g/mol. The number of carbonyl (C=O) groups is 1. The average molecular weight is 305 g/mol. The van der Waals surface area contributed by atoms with Gasteiger partial charge >= 0.3 is 0 Å². The predicted molar refractivity (Wildman–Crippen MR) is 89.0 cm³/mol. The number of azo groups is 1. The van der Waals surface area contributed by atoms with E-state index in [0.29, 0.717) is 11.1 Å². The van der Waals surface area contributed by atoms with Gasteiger partial charge in [-0.25, -0.2) is 0 Å². The number of ketones is 1. The van der Waals surface area contributed by atoms with Crippen LogP contribution in [0.25, 0.3) is 11.6 Å². The second-order valence-corrected chi connectivity index (χ2v) is 5.12. The Morgan fingerprint density at radius 1 is 1.13 bits per heavy atom. The molecule has 3 rings (SSSR count). The summed E-state index contributed by atoms with van der Waals surface area (Å²) in [7, 11) is 1.88. The summed E-state index contributed by atoms with van der Waals surface area (Å²) in [6.45, 7) is 0. The van der Waals surface area contributed by atoms with E-state index in [1.165, 1.54) is 12.3 Å². The number of benzene rings is 1. The van der Waals surface area contributed by atoms with E-state index in [9.17, 15) is 9.90 Å². The first-order valence-electron chi connectivity index (χ1n) is 7.09. The minimum Gasteiger partial charge on any atom is -0.492 e. The Morgan fingerprint density at radius 3 is 2.65 bits per heavy atom. The molecule has 0 amide bonds. The van der Waals surface area contributed by atoms with Crippen LogP contribution in [0.15, 0.2) is 82.8 Å². The first-order valence-corrected chi connectivity index (χ1v) is 7.09. The molecule has 1 N–H and O–H groups in total. The maximum Gasteiger partial charge on any atom is 0.238 e. The highest BCUT2D eigenvalue weighted by atomic mass is 16.3. The molecule has 0 fully saturated rings. The molecule has 5 nitrogen and oxygen atoms in total. The molecule has 0 atom stereocenters. The van der Waals surface area contributed by atoms with Gasteiger partial charge in [0.15, 0.2) is 5.78 Å². The molecule has 1 aromatic carbocycles. The third-order valence-electron chi connectivity index (χ3n) is 3.51. The number of hydrogen-bond acceptors (Lipinski definition) is 5. The molecule has 1 aromatic rings. The van der Waals surface area contributed by atoms with Crippen LogP contribution < -0.4 is 0 Å². The van der Waals surface area contributed by atoms with Gasteiger partial charge in [-0.15, -0.1) is 5.11 Å².